The third-order valence-electron chi connectivity index (χ3n) is 3.67. The van der Waals surface area contributed by atoms with Crippen LogP contribution in [0.3, 0.4) is 0 Å². The minimum atomic E-state index is -0.409. The zero-order valence-electron chi connectivity index (χ0n) is 12.2. The lowest BCUT2D eigenvalue weighted by molar-refractivity contribution is -0.404. The first kappa shape index (κ1) is 15.3. The molecule has 21 heavy (non-hydrogen) atoms. The van der Waals surface area contributed by atoms with Crippen LogP contribution in [0.15, 0.2) is 30.7 Å². The lowest BCUT2D eigenvalue weighted by Gasteiger charge is -2.24. The van der Waals surface area contributed by atoms with Crippen molar-refractivity contribution in [3.8, 4) is 0 Å². The molecular formula is C14H23N5O2. The Bertz CT molecular complexity index is 452. The summed E-state index contributed by atoms with van der Waals surface area (Å²) >= 11 is 0. The van der Waals surface area contributed by atoms with Crippen LogP contribution in [0.5, 0.6) is 0 Å². The quantitative estimate of drug-likeness (QED) is 0.434. The lowest BCUT2D eigenvalue weighted by Crippen LogP contribution is -2.37. The maximum Gasteiger partial charge on any atom is 0.274 e. The smallest absolute Gasteiger partial charge is 0.274 e. The predicted molar refractivity (Wildman–Crippen MR) is 79.9 cm³/mol. The third-order valence-corrected chi connectivity index (χ3v) is 3.67. The molecule has 1 heterocycles. The van der Waals surface area contributed by atoms with Crippen LogP contribution >= 0.6 is 0 Å². The van der Waals surface area contributed by atoms with Gasteiger partial charge in [-0.3, -0.25) is 10.1 Å². The summed E-state index contributed by atoms with van der Waals surface area (Å²) in [4.78, 5) is 14.3. The number of hydrogen-bond donors (Lipinski definition) is 2. The highest BCUT2D eigenvalue weighted by Crippen LogP contribution is 2.17. The van der Waals surface area contributed by atoms with Gasteiger partial charge in [0.1, 0.15) is 0 Å². The Morgan fingerprint density at radius 3 is 2.90 bits per heavy atom. The van der Waals surface area contributed by atoms with Gasteiger partial charge in [-0.1, -0.05) is 19.3 Å². The van der Waals surface area contributed by atoms with Crippen LogP contribution in [0, 0.1) is 10.1 Å². The number of nitrogens with zero attached hydrogens (tertiary/aromatic N) is 3. The molecule has 1 aliphatic carbocycles. The van der Waals surface area contributed by atoms with Gasteiger partial charge in [0.15, 0.2) is 5.82 Å². The molecule has 2 N–H and O–H groups in total. The van der Waals surface area contributed by atoms with Crippen LogP contribution in [0.1, 0.15) is 38.5 Å². The maximum atomic E-state index is 10.7. The van der Waals surface area contributed by atoms with E-state index in [4.69, 9.17) is 0 Å². The van der Waals surface area contributed by atoms with Crippen molar-refractivity contribution in [2.75, 3.05) is 6.54 Å². The number of aryl methyl sites for hydroxylation is 1. The molecule has 1 aromatic heterocycles. The molecule has 1 fully saturated rings. The first-order valence-corrected chi connectivity index (χ1v) is 7.55. The molecule has 7 heteroatoms. The molecule has 7 nitrogen and oxygen atoms in total. The zero-order valence-corrected chi connectivity index (χ0v) is 12.2. The topological polar surface area (TPSA) is 85.0 Å². The first-order chi connectivity index (χ1) is 10.2. The molecule has 0 saturated heterocycles. The Morgan fingerprint density at radius 1 is 1.43 bits per heavy atom. The van der Waals surface area contributed by atoms with Gasteiger partial charge in [0, 0.05) is 31.5 Å². The summed E-state index contributed by atoms with van der Waals surface area (Å²) in [6, 6.07) is 0.353. The van der Waals surface area contributed by atoms with E-state index in [-0.39, 0.29) is 0 Å². The van der Waals surface area contributed by atoms with E-state index in [1.54, 1.807) is 12.5 Å². The van der Waals surface area contributed by atoms with Crippen molar-refractivity contribution in [3.05, 3.63) is 40.9 Å². The second-order valence-corrected chi connectivity index (χ2v) is 5.39. The van der Waals surface area contributed by atoms with Gasteiger partial charge in [0.05, 0.1) is 11.3 Å². The summed E-state index contributed by atoms with van der Waals surface area (Å²) in [6.45, 7) is 1.54. The zero-order chi connectivity index (χ0) is 14.9. The normalized spacial score (nSPS) is 16.7. The highest BCUT2D eigenvalue weighted by molar-refractivity contribution is 4.95. The summed E-state index contributed by atoms with van der Waals surface area (Å²) in [5, 5.41) is 17.1. The summed E-state index contributed by atoms with van der Waals surface area (Å²) in [5.41, 5.74) is 0. The summed E-state index contributed by atoms with van der Waals surface area (Å²) in [5.74, 6) is 0.525. The molecule has 0 aromatic carbocycles. The van der Waals surface area contributed by atoms with Crippen molar-refractivity contribution < 1.29 is 4.92 Å². The number of rotatable bonds is 8. The Hall–Kier alpha value is -2.05. The molecule has 0 bridgehead atoms. The van der Waals surface area contributed by atoms with E-state index in [1.807, 2.05) is 10.8 Å². The minimum Gasteiger partial charge on any atom is -0.367 e. The second kappa shape index (κ2) is 8.28. The first-order valence-electron chi connectivity index (χ1n) is 7.55. The van der Waals surface area contributed by atoms with E-state index in [2.05, 4.69) is 15.6 Å². The third kappa shape index (κ3) is 5.85. The summed E-state index contributed by atoms with van der Waals surface area (Å²) in [7, 11) is 0. The Balaban J connectivity index is 1.74. The van der Waals surface area contributed by atoms with Crippen LogP contribution in [-0.2, 0) is 6.54 Å². The van der Waals surface area contributed by atoms with Crippen molar-refractivity contribution >= 4 is 0 Å². The van der Waals surface area contributed by atoms with Gasteiger partial charge in [-0.25, -0.2) is 4.98 Å². The SMILES string of the molecule is O=[N+]([O-])/C=C(/NCCCn1ccnc1)NC1CCCCC1. The Labute approximate surface area is 124 Å². The Morgan fingerprint density at radius 2 is 2.24 bits per heavy atom. The van der Waals surface area contributed by atoms with Gasteiger partial charge in [-0.15, -0.1) is 0 Å². The van der Waals surface area contributed by atoms with Gasteiger partial charge in [0.2, 0.25) is 0 Å². The van der Waals surface area contributed by atoms with Crippen molar-refractivity contribution in [3.63, 3.8) is 0 Å². The fraction of sp³-hybridized carbons (Fsp3) is 0.643. The van der Waals surface area contributed by atoms with E-state index in [1.165, 1.54) is 19.3 Å². The van der Waals surface area contributed by atoms with E-state index in [0.717, 1.165) is 32.0 Å². The van der Waals surface area contributed by atoms with Crippen molar-refractivity contribution in [1.29, 1.82) is 0 Å². The molecule has 116 valence electrons. The van der Waals surface area contributed by atoms with Crippen molar-refractivity contribution in [2.45, 2.75) is 51.1 Å². The summed E-state index contributed by atoms with van der Waals surface area (Å²) in [6.07, 6.45) is 13.2. The van der Waals surface area contributed by atoms with Crippen LogP contribution in [0.2, 0.25) is 0 Å². The molecule has 0 aliphatic heterocycles. The van der Waals surface area contributed by atoms with Crippen LogP contribution in [0.25, 0.3) is 0 Å². The predicted octanol–water partition coefficient (Wildman–Crippen LogP) is 1.86. The van der Waals surface area contributed by atoms with Gasteiger partial charge in [-0.05, 0) is 19.3 Å². The number of hydrogen-bond acceptors (Lipinski definition) is 5. The molecular weight excluding hydrogens is 270 g/mol. The van der Waals surface area contributed by atoms with E-state index < -0.39 is 4.92 Å². The fourth-order valence-corrected chi connectivity index (χ4v) is 2.61. The van der Waals surface area contributed by atoms with Gasteiger partial charge in [-0.2, -0.15) is 0 Å². The average molecular weight is 293 g/mol. The van der Waals surface area contributed by atoms with Gasteiger partial charge in [0.25, 0.3) is 6.20 Å². The molecule has 2 rings (SSSR count). The maximum absolute atomic E-state index is 10.7. The number of nitro groups is 1. The molecule has 0 amide bonds. The Kier molecular flexibility index (Phi) is 6.05. The van der Waals surface area contributed by atoms with E-state index >= 15 is 0 Å². The monoisotopic (exact) mass is 293 g/mol. The van der Waals surface area contributed by atoms with Gasteiger partial charge < -0.3 is 15.2 Å². The molecule has 0 spiro atoms. The minimum absolute atomic E-state index is 0.353. The number of aromatic nitrogens is 2. The molecule has 1 aromatic rings. The van der Waals surface area contributed by atoms with Crippen LogP contribution in [0.4, 0.5) is 0 Å². The highest BCUT2D eigenvalue weighted by atomic mass is 16.6. The standard InChI is InChI=1S/C14H23N5O2/c20-19(21)11-14(17-13-5-2-1-3-6-13)16-7-4-9-18-10-8-15-12-18/h8,10-13,16-17H,1-7,9H2/b14-11-. The van der Waals surface area contributed by atoms with Gasteiger partial charge >= 0.3 is 0 Å². The summed E-state index contributed by atoms with van der Waals surface area (Å²) < 4.78 is 1.99. The lowest BCUT2D eigenvalue weighted by atomic mass is 9.95. The van der Waals surface area contributed by atoms with Crippen molar-refractivity contribution in [2.24, 2.45) is 0 Å². The molecule has 1 saturated carbocycles. The second-order valence-electron chi connectivity index (χ2n) is 5.39. The number of nitrogens with one attached hydrogen (secondary N) is 2. The average Bonchev–Trinajstić information content (AvgIpc) is 2.97. The fourth-order valence-electron chi connectivity index (χ4n) is 2.61. The largest absolute Gasteiger partial charge is 0.367 e. The molecule has 1 aliphatic rings. The van der Waals surface area contributed by atoms with Crippen LogP contribution in [-0.4, -0.2) is 27.1 Å². The molecule has 0 atom stereocenters. The van der Waals surface area contributed by atoms with E-state index in [9.17, 15) is 10.1 Å². The van der Waals surface area contributed by atoms with Crippen LogP contribution < -0.4 is 10.6 Å². The van der Waals surface area contributed by atoms with E-state index in [0.29, 0.717) is 18.4 Å². The number of imidazole rings is 1. The van der Waals surface area contributed by atoms with Crippen molar-refractivity contribution in [1.82, 2.24) is 20.2 Å². The molecule has 0 unspecified atom stereocenters. The molecule has 0 radical (unpaired) electrons. The highest BCUT2D eigenvalue weighted by Gasteiger charge is 2.15.